The Morgan fingerprint density at radius 3 is 2.48 bits per heavy atom. The molecule has 0 amide bonds. The number of furan rings is 1. The summed E-state index contributed by atoms with van der Waals surface area (Å²) in [4.78, 5) is 10.8. The average Bonchev–Trinajstić information content (AvgIpc) is 3.44. The van der Waals surface area contributed by atoms with Gasteiger partial charge in [-0.25, -0.2) is 13.2 Å². The van der Waals surface area contributed by atoms with E-state index in [2.05, 4.69) is 0 Å². The number of carbonyl (C=O) groups is 1. The van der Waals surface area contributed by atoms with Crippen LogP contribution in [0, 0.1) is 6.92 Å². The van der Waals surface area contributed by atoms with Gasteiger partial charge in [0.15, 0.2) is 6.23 Å². The summed E-state index contributed by atoms with van der Waals surface area (Å²) in [6.45, 7) is 1.68. The number of sulfonamides is 1. The van der Waals surface area contributed by atoms with Crippen LogP contribution in [0.5, 0.6) is 5.75 Å². The second-order valence-electron chi connectivity index (χ2n) is 7.98. The second-order valence-corrected chi connectivity index (χ2v) is 9.91. The first-order chi connectivity index (χ1) is 15.7. The Morgan fingerprint density at radius 1 is 1.09 bits per heavy atom. The van der Waals surface area contributed by atoms with Crippen molar-refractivity contribution >= 4 is 22.1 Å². The molecule has 3 aromatic rings. The summed E-state index contributed by atoms with van der Waals surface area (Å²) in [5, 5.41) is 8.67. The molecule has 1 atom stereocenters. The van der Waals surface area contributed by atoms with Gasteiger partial charge in [-0.1, -0.05) is 30.3 Å². The number of ether oxygens (including phenoxy) is 1. The van der Waals surface area contributed by atoms with E-state index < -0.39 is 22.2 Å². The molecular weight excluding hydrogens is 442 g/mol. The fraction of sp³-hybridized carbons (Fsp3) is 0.240. The highest BCUT2D eigenvalue weighted by Crippen LogP contribution is 2.33. The third-order valence-corrected chi connectivity index (χ3v) is 7.31. The van der Waals surface area contributed by atoms with Crippen LogP contribution in [0.25, 0.3) is 6.08 Å². The van der Waals surface area contributed by atoms with E-state index in [1.807, 2.05) is 18.2 Å². The van der Waals surface area contributed by atoms with Gasteiger partial charge in [0, 0.05) is 18.7 Å². The van der Waals surface area contributed by atoms with Gasteiger partial charge in [-0.15, -0.1) is 0 Å². The van der Waals surface area contributed by atoms with E-state index in [1.165, 1.54) is 30.3 Å². The minimum absolute atomic E-state index is 0.161. The molecule has 1 aliphatic rings. The van der Waals surface area contributed by atoms with E-state index in [0.717, 1.165) is 29.6 Å². The summed E-state index contributed by atoms with van der Waals surface area (Å²) < 4.78 is 39.3. The monoisotopic (exact) mass is 467 g/mol. The van der Waals surface area contributed by atoms with Crippen molar-refractivity contribution in [3.05, 3.63) is 88.7 Å². The van der Waals surface area contributed by atoms with Crippen LogP contribution >= 0.6 is 0 Å². The van der Waals surface area contributed by atoms with Gasteiger partial charge in [-0.2, -0.15) is 4.31 Å². The van der Waals surface area contributed by atoms with Crippen LogP contribution in [-0.4, -0.2) is 30.8 Å². The molecule has 0 aliphatic heterocycles. The Kier molecular flexibility index (Phi) is 6.40. The van der Waals surface area contributed by atoms with Gasteiger partial charge in [-0.3, -0.25) is 0 Å². The molecule has 0 radical (unpaired) electrons. The van der Waals surface area contributed by atoms with Crippen molar-refractivity contribution in [3.63, 3.8) is 0 Å². The van der Waals surface area contributed by atoms with Gasteiger partial charge in [-0.05, 0) is 73.2 Å². The van der Waals surface area contributed by atoms with Gasteiger partial charge in [0.2, 0.25) is 5.09 Å². The number of carboxylic acids is 1. The summed E-state index contributed by atoms with van der Waals surface area (Å²) in [5.41, 5.74) is 3.77. The molecule has 1 N–H and O–H groups in total. The van der Waals surface area contributed by atoms with Crippen LogP contribution in [0.1, 0.15) is 40.7 Å². The number of aliphatic carboxylic acids is 1. The highest BCUT2D eigenvalue weighted by molar-refractivity contribution is 7.89. The molecule has 0 bridgehead atoms. The molecule has 0 saturated carbocycles. The predicted molar refractivity (Wildman–Crippen MR) is 123 cm³/mol. The number of hydrogen-bond donors (Lipinski definition) is 1. The van der Waals surface area contributed by atoms with Crippen LogP contribution in [0.15, 0.2) is 70.2 Å². The molecule has 1 aromatic heterocycles. The Bertz CT molecular complexity index is 1290. The van der Waals surface area contributed by atoms with Gasteiger partial charge in [0.25, 0.3) is 10.0 Å². The zero-order chi connectivity index (χ0) is 23.6. The fourth-order valence-corrected chi connectivity index (χ4v) is 5.04. The molecule has 1 unspecified atom stereocenters. The number of rotatable bonds is 8. The molecule has 172 valence electrons. The molecule has 0 fully saturated rings. The Morgan fingerprint density at radius 2 is 1.82 bits per heavy atom. The Hall–Kier alpha value is -3.36. The number of fused-ring (bicyclic) bond motifs is 1. The SMILES string of the molecule is Cc1ccc(S(=O)(=O)N(C)C(Oc2ccc3c(c2)CCC3)c2ccc(/C=C/C(=O)O)cc2)o1. The van der Waals surface area contributed by atoms with E-state index in [-0.39, 0.29) is 5.09 Å². The third-order valence-electron chi connectivity index (χ3n) is 5.64. The van der Waals surface area contributed by atoms with E-state index in [9.17, 15) is 13.2 Å². The number of carboxylic acid groups (broad SMARTS) is 1. The minimum atomic E-state index is -3.98. The maximum Gasteiger partial charge on any atom is 0.328 e. The largest absolute Gasteiger partial charge is 0.478 e. The van der Waals surface area contributed by atoms with Gasteiger partial charge < -0.3 is 14.3 Å². The molecular formula is C25H25NO6S. The summed E-state index contributed by atoms with van der Waals surface area (Å²) in [5.74, 6) is 0.0253. The van der Waals surface area contributed by atoms with E-state index in [1.54, 1.807) is 37.3 Å². The fourth-order valence-electron chi connectivity index (χ4n) is 3.86. The van der Waals surface area contributed by atoms with Gasteiger partial charge >= 0.3 is 5.97 Å². The first-order valence-corrected chi connectivity index (χ1v) is 12.0. The van der Waals surface area contributed by atoms with Crippen molar-refractivity contribution in [1.29, 1.82) is 0 Å². The van der Waals surface area contributed by atoms with E-state index in [4.69, 9.17) is 14.3 Å². The summed E-state index contributed by atoms with van der Waals surface area (Å²) in [6, 6.07) is 15.7. The zero-order valence-electron chi connectivity index (χ0n) is 18.4. The lowest BCUT2D eigenvalue weighted by Crippen LogP contribution is -2.34. The molecule has 0 spiro atoms. The molecule has 4 rings (SSSR count). The Balaban J connectivity index is 1.69. The van der Waals surface area contributed by atoms with Crippen molar-refractivity contribution in [2.24, 2.45) is 0 Å². The van der Waals surface area contributed by atoms with Gasteiger partial charge in [0.1, 0.15) is 11.5 Å². The number of nitrogens with zero attached hydrogens (tertiary/aromatic N) is 1. The molecule has 0 saturated heterocycles. The molecule has 2 aromatic carbocycles. The lowest BCUT2D eigenvalue weighted by atomic mass is 10.1. The topological polar surface area (TPSA) is 97.0 Å². The average molecular weight is 468 g/mol. The predicted octanol–water partition coefficient (Wildman–Crippen LogP) is 4.57. The van der Waals surface area contributed by atoms with E-state index in [0.29, 0.717) is 22.6 Å². The van der Waals surface area contributed by atoms with Crippen LogP contribution < -0.4 is 4.74 Å². The molecule has 8 heteroatoms. The zero-order valence-corrected chi connectivity index (χ0v) is 19.2. The standard InChI is InChI=1S/C25H25NO6S/c1-17-6-15-24(31-17)33(29,30)26(2)25(20-10-7-18(8-11-20)9-14-23(27)28)32-22-13-12-19-4-3-5-21(19)16-22/h6-16,25H,3-5H2,1-2H3,(H,27,28)/b14-9+. The first-order valence-electron chi connectivity index (χ1n) is 10.6. The van der Waals surface area contributed by atoms with Crippen LogP contribution in [-0.2, 0) is 27.7 Å². The highest BCUT2D eigenvalue weighted by Gasteiger charge is 2.33. The maximum absolute atomic E-state index is 13.3. The summed E-state index contributed by atoms with van der Waals surface area (Å²) >= 11 is 0. The number of aryl methyl sites for hydroxylation is 3. The summed E-state index contributed by atoms with van der Waals surface area (Å²) in [7, 11) is -2.53. The molecule has 1 heterocycles. The lowest BCUT2D eigenvalue weighted by molar-refractivity contribution is -0.131. The minimum Gasteiger partial charge on any atom is -0.478 e. The first kappa shape index (κ1) is 22.8. The van der Waals surface area contributed by atoms with Crippen molar-refractivity contribution in [3.8, 4) is 5.75 Å². The van der Waals surface area contributed by atoms with Gasteiger partial charge in [0.05, 0.1) is 0 Å². The second kappa shape index (κ2) is 9.25. The van der Waals surface area contributed by atoms with Crippen LogP contribution in [0.2, 0.25) is 0 Å². The smallest absolute Gasteiger partial charge is 0.328 e. The third kappa shape index (κ3) is 5.02. The van der Waals surface area contributed by atoms with Crippen LogP contribution in [0.4, 0.5) is 0 Å². The molecule has 1 aliphatic carbocycles. The van der Waals surface area contributed by atoms with E-state index >= 15 is 0 Å². The van der Waals surface area contributed by atoms with Crippen molar-refractivity contribution in [2.75, 3.05) is 7.05 Å². The maximum atomic E-state index is 13.3. The molecule has 33 heavy (non-hydrogen) atoms. The van der Waals surface area contributed by atoms with Crippen molar-refractivity contribution in [2.45, 2.75) is 37.5 Å². The lowest BCUT2D eigenvalue weighted by Gasteiger charge is -2.28. The summed E-state index contributed by atoms with van der Waals surface area (Å²) in [6.07, 6.45) is 4.66. The number of benzene rings is 2. The van der Waals surface area contributed by atoms with Crippen LogP contribution in [0.3, 0.4) is 0 Å². The highest BCUT2D eigenvalue weighted by atomic mass is 32.2. The quantitative estimate of drug-likeness (QED) is 0.385. The normalized spacial score (nSPS) is 14.5. The number of hydrogen-bond acceptors (Lipinski definition) is 5. The molecule has 7 nitrogen and oxygen atoms in total. The van der Waals surface area contributed by atoms with Crippen molar-refractivity contribution < 1.29 is 27.5 Å². The van der Waals surface area contributed by atoms with Crippen molar-refractivity contribution in [1.82, 2.24) is 4.31 Å². The Labute approximate surface area is 193 Å².